The maximum atomic E-state index is 11.4. The number of aryl methyl sites for hydroxylation is 1. The van der Waals surface area contributed by atoms with Crippen molar-refractivity contribution in [2.24, 2.45) is 0 Å². The maximum Gasteiger partial charge on any atom is 0.221 e. The molecule has 5 nitrogen and oxygen atoms in total. The van der Waals surface area contributed by atoms with Crippen LogP contribution >= 0.6 is 0 Å². The predicted octanol–water partition coefficient (Wildman–Crippen LogP) is 0.907. The lowest BCUT2D eigenvalue weighted by Crippen LogP contribution is -2.32. The van der Waals surface area contributed by atoms with Crippen LogP contribution in [0.1, 0.15) is 32.9 Å². The Bertz CT molecular complexity index is 346. The number of amides is 1. The smallest absolute Gasteiger partial charge is 0.221 e. The summed E-state index contributed by atoms with van der Waals surface area (Å²) in [5.41, 5.74) is 1.15. The molecule has 0 spiro atoms. The van der Waals surface area contributed by atoms with Crippen molar-refractivity contribution in [3.05, 3.63) is 18.2 Å². The summed E-state index contributed by atoms with van der Waals surface area (Å²) in [6.45, 7) is 8.37. The molecule has 0 aliphatic carbocycles. The SMILES string of the molecule is CCn1cncc1CNCCC(=O)NC(C)C. The molecule has 1 aromatic rings. The molecule has 0 aromatic carbocycles. The molecule has 0 unspecified atom stereocenters. The summed E-state index contributed by atoms with van der Waals surface area (Å²) in [7, 11) is 0. The summed E-state index contributed by atoms with van der Waals surface area (Å²) >= 11 is 0. The van der Waals surface area contributed by atoms with Crippen LogP contribution in [0.25, 0.3) is 0 Å². The van der Waals surface area contributed by atoms with Crippen molar-refractivity contribution in [2.75, 3.05) is 6.54 Å². The lowest BCUT2D eigenvalue weighted by molar-refractivity contribution is -0.121. The second-order valence-corrected chi connectivity index (χ2v) is 4.32. The molecular weight excluding hydrogens is 216 g/mol. The van der Waals surface area contributed by atoms with Crippen LogP contribution in [0.5, 0.6) is 0 Å². The molecule has 0 fully saturated rings. The molecule has 0 atom stereocenters. The van der Waals surface area contributed by atoms with E-state index in [4.69, 9.17) is 0 Å². The van der Waals surface area contributed by atoms with Gasteiger partial charge in [-0.2, -0.15) is 0 Å². The van der Waals surface area contributed by atoms with E-state index in [0.29, 0.717) is 13.0 Å². The number of carbonyl (C=O) groups is 1. The van der Waals surface area contributed by atoms with Gasteiger partial charge >= 0.3 is 0 Å². The summed E-state index contributed by atoms with van der Waals surface area (Å²) in [4.78, 5) is 15.5. The van der Waals surface area contributed by atoms with Crippen LogP contribution in [0.2, 0.25) is 0 Å². The number of nitrogens with one attached hydrogen (secondary N) is 2. The molecule has 0 saturated carbocycles. The topological polar surface area (TPSA) is 59.0 Å². The summed E-state index contributed by atoms with van der Waals surface area (Å²) in [5.74, 6) is 0.0940. The third-order valence-corrected chi connectivity index (χ3v) is 2.42. The quantitative estimate of drug-likeness (QED) is 0.694. The highest BCUT2D eigenvalue weighted by molar-refractivity contribution is 5.76. The summed E-state index contributed by atoms with van der Waals surface area (Å²) in [6.07, 6.45) is 4.19. The largest absolute Gasteiger partial charge is 0.354 e. The van der Waals surface area contributed by atoms with Crippen LogP contribution < -0.4 is 10.6 Å². The Hall–Kier alpha value is -1.36. The van der Waals surface area contributed by atoms with Gasteiger partial charge in [0.05, 0.1) is 12.0 Å². The molecule has 5 heteroatoms. The fourth-order valence-corrected chi connectivity index (χ4v) is 1.59. The van der Waals surface area contributed by atoms with Crippen LogP contribution in [-0.4, -0.2) is 28.0 Å². The maximum absolute atomic E-state index is 11.4. The third kappa shape index (κ3) is 4.99. The lowest BCUT2D eigenvalue weighted by atomic mass is 10.3. The molecule has 1 aromatic heterocycles. The number of imidazole rings is 1. The molecule has 0 radical (unpaired) electrons. The van der Waals surface area contributed by atoms with Gasteiger partial charge in [0.25, 0.3) is 0 Å². The van der Waals surface area contributed by atoms with Crippen LogP contribution in [0, 0.1) is 0 Å². The van der Waals surface area contributed by atoms with Crippen LogP contribution in [0.4, 0.5) is 0 Å². The highest BCUT2D eigenvalue weighted by Gasteiger charge is 2.03. The van der Waals surface area contributed by atoms with Crippen molar-refractivity contribution in [3.63, 3.8) is 0 Å². The Morgan fingerprint density at radius 1 is 1.53 bits per heavy atom. The van der Waals surface area contributed by atoms with Crippen LogP contribution in [0.15, 0.2) is 12.5 Å². The number of rotatable bonds is 7. The molecule has 0 saturated heterocycles. The van der Waals surface area contributed by atoms with Crippen molar-refractivity contribution in [1.29, 1.82) is 0 Å². The number of hydrogen-bond acceptors (Lipinski definition) is 3. The molecule has 1 amide bonds. The van der Waals surface area contributed by atoms with Gasteiger partial charge in [0.2, 0.25) is 5.91 Å². The number of nitrogens with zero attached hydrogens (tertiary/aromatic N) is 2. The minimum Gasteiger partial charge on any atom is -0.354 e. The first-order chi connectivity index (χ1) is 8.13. The van der Waals surface area contributed by atoms with Crippen LogP contribution in [-0.2, 0) is 17.9 Å². The van der Waals surface area contributed by atoms with E-state index >= 15 is 0 Å². The molecular formula is C12H22N4O. The van der Waals surface area contributed by atoms with Crippen molar-refractivity contribution >= 4 is 5.91 Å². The minimum atomic E-state index is 0.0940. The van der Waals surface area contributed by atoms with Gasteiger partial charge in [-0.1, -0.05) is 0 Å². The minimum absolute atomic E-state index is 0.0940. The van der Waals surface area contributed by atoms with Crippen molar-refractivity contribution < 1.29 is 4.79 Å². The first kappa shape index (κ1) is 13.7. The van der Waals surface area contributed by atoms with E-state index in [0.717, 1.165) is 18.8 Å². The molecule has 1 heterocycles. The van der Waals surface area contributed by atoms with E-state index in [-0.39, 0.29) is 11.9 Å². The van der Waals surface area contributed by atoms with Gasteiger partial charge in [0.15, 0.2) is 0 Å². The molecule has 0 bridgehead atoms. The van der Waals surface area contributed by atoms with E-state index in [1.165, 1.54) is 0 Å². The first-order valence-electron chi connectivity index (χ1n) is 6.12. The number of carbonyl (C=O) groups excluding carboxylic acids is 1. The fourth-order valence-electron chi connectivity index (χ4n) is 1.59. The second kappa shape index (κ2) is 7.06. The normalized spacial score (nSPS) is 10.8. The average Bonchev–Trinajstić information content (AvgIpc) is 2.70. The number of hydrogen-bond donors (Lipinski definition) is 2. The Morgan fingerprint density at radius 2 is 2.29 bits per heavy atom. The van der Waals surface area contributed by atoms with E-state index in [9.17, 15) is 4.79 Å². The highest BCUT2D eigenvalue weighted by Crippen LogP contribution is 1.98. The summed E-state index contributed by atoms with van der Waals surface area (Å²) < 4.78 is 2.08. The van der Waals surface area contributed by atoms with Crippen molar-refractivity contribution in [2.45, 2.75) is 46.3 Å². The summed E-state index contributed by atoms with van der Waals surface area (Å²) in [6, 6.07) is 0.212. The van der Waals surface area contributed by atoms with Gasteiger partial charge in [-0.3, -0.25) is 4.79 Å². The Kier molecular flexibility index (Phi) is 5.69. The highest BCUT2D eigenvalue weighted by atomic mass is 16.1. The molecule has 2 N–H and O–H groups in total. The first-order valence-corrected chi connectivity index (χ1v) is 6.12. The zero-order chi connectivity index (χ0) is 12.7. The van der Waals surface area contributed by atoms with Crippen molar-refractivity contribution in [1.82, 2.24) is 20.2 Å². The molecule has 0 aliphatic rings. The Morgan fingerprint density at radius 3 is 2.94 bits per heavy atom. The monoisotopic (exact) mass is 238 g/mol. The van der Waals surface area contributed by atoms with E-state index in [1.54, 1.807) is 0 Å². The van der Waals surface area contributed by atoms with Gasteiger partial charge in [-0.25, -0.2) is 4.98 Å². The zero-order valence-corrected chi connectivity index (χ0v) is 10.9. The van der Waals surface area contributed by atoms with Gasteiger partial charge < -0.3 is 15.2 Å². The molecule has 1 rings (SSSR count). The van der Waals surface area contributed by atoms with Gasteiger partial charge in [-0.15, -0.1) is 0 Å². The predicted molar refractivity (Wildman–Crippen MR) is 67.5 cm³/mol. The fraction of sp³-hybridized carbons (Fsp3) is 0.667. The van der Waals surface area contributed by atoms with Gasteiger partial charge in [-0.05, 0) is 20.8 Å². The molecule has 96 valence electrons. The second-order valence-electron chi connectivity index (χ2n) is 4.32. The Balaban J connectivity index is 2.18. The summed E-state index contributed by atoms with van der Waals surface area (Å²) in [5, 5.41) is 6.11. The van der Waals surface area contributed by atoms with Gasteiger partial charge in [0, 0.05) is 38.3 Å². The third-order valence-electron chi connectivity index (χ3n) is 2.42. The number of aromatic nitrogens is 2. The van der Waals surface area contributed by atoms with E-state index in [1.807, 2.05) is 26.4 Å². The van der Waals surface area contributed by atoms with E-state index in [2.05, 4.69) is 27.1 Å². The van der Waals surface area contributed by atoms with E-state index < -0.39 is 0 Å². The molecule has 17 heavy (non-hydrogen) atoms. The Labute approximate surface area is 103 Å². The zero-order valence-electron chi connectivity index (χ0n) is 10.9. The average molecular weight is 238 g/mol. The lowest BCUT2D eigenvalue weighted by Gasteiger charge is -2.09. The van der Waals surface area contributed by atoms with Crippen molar-refractivity contribution in [3.8, 4) is 0 Å². The molecule has 0 aliphatic heterocycles. The van der Waals surface area contributed by atoms with Gasteiger partial charge in [0.1, 0.15) is 0 Å². The van der Waals surface area contributed by atoms with Crippen LogP contribution in [0.3, 0.4) is 0 Å². The standard InChI is InChI=1S/C12H22N4O/c1-4-16-9-14-8-11(16)7-13-6-5-12(17)15-10(2)3/h8-10,13H,4-7H2,1-3H3,(H,15,17).